The average molecular weight is 383 g/mol. The van der Waals surface area contributed by atoms with E-state index in [-0.39, 0.29) is 18.4 Å². The Morgan fingerprint density at radius 2 is 1.61 bits per heavy atom. The molecule has 2 aromatic rings. The van der Waals surface area contributed by atoms with Gasteiger partial charge in [-0.2, -0.15) is 0 Å². The summed E-state index contributed by atoms with van der Waals surface area (Å²) >= 11 is 0. The number of hydrogen-bond donors (Lipinski definition) is 3. The van der Waals surface area contributed by atoms with Gasteiger partial charge in [0.05, 0.1) is 13.2 Å². The fourth-order valence-corrected chi connectivity index (χ4v) is 2.64. The predicted molar refractivity (Wildman–Crippen MR) is 114 cm³/mol. The Kier molecular flexibility index (Phi) is 8.85. The molecule has 0 aliphatic rings. The molecule has 2 amide bonds. The van der Waals surface area contributed by atoms with Crippen molar-refractivity contribution in [3.05, 3.63) is 48.5 Å². The molecule has 2 aromatic carbocycles. The molecule has 0 spiro atoms. The van der Waals surface area contributed by atoms with Gasteiger partial charge in [0.15, 0.2) is 0 Å². The first-order valence-corrected chi connectivity index (χ1v) is 9.71. The fourth-order valence-electron chi connectivity index (χ4n) is 2.64. The summed E-state index contributed by atoms with van der Waals surface area (Å²) in [7, 11) is 0. The third-order valence-corrected chi connectivity index (χ3v) is 4.04. The van der Waals surface area contributed by atoms with Crippen LogP contribution < -0.4 is 20.7 Å². The Balaban J connectivity index is 1.76. The fraction of sp³-hybridized carbons (Fsp3) is 0.364. The van der Waals surface area contributed by atoms with Gasteiger partial charge in [-0.3, -0.25) is 9.59 Å². The van der Waals surface area contributed by atoms with Gasteiger partial charge in [-0.05, 0) is 42.8 Å². The molecule has 0 heterocycles. The molecule has 150 valence electrons. The first-order chi connectivity index (χ1) is 13.6. The summed E-state index contributed by atoms with van der Waals surface area (Å²) in [6, 6.07) is 14.6. The van der Waals surface area contributed by atoms with Gasteiger partial charge in [-0.25, -0.2) is 0 Å². The first kappa shape index (κ1) is 21.3. The van der Waals surface area contributed by atoms with Crippen molar-refractivity contribution in [3.8, 4) is 5.75 Å². The maximum atomic E-state index is 12.1. The Hall–Kier alpha value is -3.02. The third-order valence-electron chi connectivity index (χ3n) is 4.04. The number of carbonyl (C=O) groups excluding carboxylic acids is 2. The van der Waals surface area contributed by atoms with E-state index in [1.165, 1.54) is 26.2 Å². The van der Waals surface area contributed by atoms with Crippen LogP contribution in [-0.2, 0) is 9.59 Å². The van der Waals surface area contributed by atoms with Crippen molar-refractivity contribution in [3.63, 3.8) is 0 Å². The average Bonchev–Trinajstić information content (AvgIpc) is 2.68. The van der Waals surface area contributed by atoms with Crippen LogP contribution in [-0.4, -0.2) is 25.0 Å². The highest BCUT2D eigenvalue weighted by Gasteiger charge is 2.04. The molecule has 6 heteroatoms. The third kappa shape index (κ3) is 8.12. The number of amides is 2. The molecule has 0 saturated carbocycles. The van der Waals surface area contributed by atoms with Crippen LogP contribution in [0.5, 0.6) is 5.75 Å². The van der Waals surface area contributed by atoms with E-state index in [0.717, 1.165) is 17.9 Å². The predicted octanol–water partition coefficient (Wildman–Crippen LogP) is 4.65. The van der Waals surface area contributed by atoms with Gasteiger partial charge >= 0.3 is 0 Å². The van der Waals surface area contributed by atoms with Crippen molar-refractivity contribution in [1.82, 2.24) is 0 Å². The van der Waals surface area contributed by atoms with Gasteiger partial charge in [-0.15, -0.1) is 0 Å². The molecular weight excluding hydrogens is 354 g/mol. The molecule has 3 N–H and O–H groups in total. The summed E-state index contributed by atoms with van der Waals surface area (Å²) in [5.74, 6) is 0.516. The molecule has 28 heavy (non-hydrogen) atoms. The lowest BCUT2D eigenvalue weighted by atomic mass is 10.2. The number of nitrogens with one attached hydrogen (secondary N) is 3. The molecule has 0 aliphatic carbocycles. The van der Waals surface area contributed by atoms with Crippen LogP contribution in [0.2, 0.25) is 0 Å². The minimum absolute atomic E-state index is 0.131. The number of benzene rings is 2. The smallest absolute Gasteiger partial charge is 0.243 e. The van der Waals surface area contributed by atoms with Gasteiger partial charge in [-0.1, -0.05) is 32.3 Å². The molecular formula is C22H29N3O3. The molecule has 0 atom stereocenters. The van der Waals surface area contributed by atoms with Crippen molar-refractivity contribution in [2.45, 2.75) is 39.5 Å². The van der Waals surface area contributed by atoms with Crippen LogP contribution in [0.25, 0.3) is 0 Å². The van der Waals surface area contributed by atoms with Gasteiger partial charge in [0.2, 0.25) is 11.8 Å². The highest BCUT2D eigenvalue weighted by Crippen LogP contribution is 2.18. The van der Waals surface area contributed by atoms with E-state index in [0.29, 0.717) is 18.0 Å². The van der Waals surface area contributed by atoms with E-state index < -0.39 is 0 Å². The Labute approximate surface area is 166 Å². The van der Waals surface area contributed by atoms with E-state index >= 15 is 0 Å². The van der Waals surface area contributed by atoms with Crippen molar-refractivity contribution >= 4 is 28.9 Å². The van der Waals surface area contributed by atoms with E-state index in [1.807, 2.05) is 24.3 Å². The number of carbonyl (C=O) groups is 2. The van der Waals surface area contributed by atoms with E-state index in [4.69, 9.17) is 4.74 Å². The highest BCUT2D eigenvalue weighted by atomic mass is 16.5. The Morgan fingerprint density at radius 3 is 2.29 bits per heavy atom. The summed E-state index contributed by atoms with van der Waals surface area (Å²) in [4.78, 5) is 23.2. The molecule has 0 aromatic heterocycles. The maximum absolute atomic E-state index is 12.1. The van der Waals surface area contributed by atoms with Gasteiger partial charge in [0.25, 0.3) is 0 Å². The zero-order valence-corrected chi connectivity index (χ0v) is 16.6. The normalized spacial score (nSPS) is 10.2. The summed E-state index contributed by atoms with van der Waals surface area (Å²) in [6.45, 7) is 4.49. The maximum Gasteiger partial charge on any atom is 0.243 e. The van der Waals surface area contributed by atoms with E-state index in [9.17, 15) is 9.59 Å². The van der Waals surface area contributed by atoms with Crippen LogP contribution in [0.4, 0.5) is 17.1 Å². The number of unbranched alkanes of at least 4 members (excludes halogenated alkanes) is 3. The van der Waals surface area contributed by atoms with Crippen LogP contribution in [0.1, 0.15) is 39.5 Å². The van der Waals surface area contributed by atoms with Crippen LogP contribution >= 0.6 is 0 Å². The Morgan fingerprint density at radius 1 is 0.893 bits per heavy atom. The van der Waals surface area contributed by atoms with Crippen LogP contribution in [0, 0.1) is 0 Å². The van der Waals surface area contributed by atoms with Crippen molar-refractivity contribution in [2.75, 3.05) is 29.1 Å². The molecule has 6 nitrogen and oxygen atoms in total. The van der Waals surface area contributed by atoms with E-state index in [1.54, 1.807) is 24.3 Å². The van der Waals surface area contributed by atoms with Crippen molar-refractivity contribution in [1.29, 1.82) is 0 Å². The number of rotatable bonds is 11. The summed E-state index contributed by atoms with van der Waals surface area (Å²) < 4.78 is 5.76. The van der Waals surface area contributed by atoms with Crippen molar-refractivity contribution in [2.24, 2.45) is 0 Å². The summed E-state index contributed by atoms with van der Waals surface area (Å²) in [5.41, 5.74) is 2.20. The van der Waals surface area contributed by atoms with Crippen molar-refractivity contribution < 1.29 is 14.3 Å². The molecule has 0 radical (unpaired) electrons. The minimum Gasteiger partial charge on any atom is -0.494 e. The van der Waals surface area contributed by atoms with Gasteiger partial charge < -0.3 is 20.7 Å². The molecule has 0 bridgehead atoms. The zero-order chi connectivity index (χ0) is 20.2. The highest BCUT2D eigenvalue weighted by molar-refractivity contribution is 5.94. The number of ether oxygens (including phenoxy) is 1. The second-order valence-electron chi connectivity index (χ2n) is 6.60. The largest absolute Gasteiger partial charge is 0.494 e. The van der Waals surface area contributed by atoms with Crippen LogP contribution in [0.3, 0.4) is 0 Å². The lowest BCUT2D eigenvalue weighted by Crippen LogP contribution is -2.21. The molecule has 0 fully saturated rings. The second-order valence-corrected chi connectivity index (χ2v) is 6.60. The lowest BCUT2D eigenvalue weighted by Gasteiger charge is -2.11. The number of hydrogen-bond acceptors (Lipinski definition) is 4. The molecule has 0 saturated heterocycles. The summed E-state index contributed by atoms with van der Waals surface area (Å²) in [5, 5.41) is 8.61. The van der Waals surface area contributed by atoms with E-state index in [2.05, 4.69) is 22.9 Å². The zero-order valence-electron chi connectivity index (χ0n) is 16.6. The molecule has 0 aliphatic heterocycles. The standard InChI is InChI=1S/C22H29N3O3/c1-3-4-5-6-14-28-21-9-7-8-20(15-21)23-16-22(27)25-19-12-10-18(11-13-19)24-17(2)26/h7-13,15,23H,3-6,14,16H2,1-2H3,(H,24,26)(H,25,27). The first-order valence-electron chi connectivity index (χ1n) is 9.71. The molecule has 0 unspecified atom stereocenters. The molecule has 2 rings (SSSR count). The quantitative estimate of drug-likeness (QED) is 0.493. The number of anilines is 3. The van der Waals surface area contributed by atoms with Gasteiger partial charge in [0, 0.05) is 30.1 Å². The summed E-state index contributed by atoms with van der Waals surface area (Å²) in [6.07, 6.45) is 4.67. The lowest BCUT2D eigenvalue weighted by molar-refractivity contribution is -0.115. The topological polar surface area (TPSA) is 79.5 Å². The van der Waals surface area contributed by atoms with Crippen LogP contribution in [0.15, 0.2) is 48.5 Å². The second kappa shape index (κ2) is 11.6. The SMILES string of the molecule is CCCCCCOc1cccc(NCC(=O)Nc2ccc(NC(C)=O)cc2)c1. The monoisotopic (exact) mass is 383 g/mol. The van der Waals surface area contributed by atoms with Gasteiger partial charge in [0.1, 0.15) is 5.75 Å². The Bertz CT molecular complexity index is 760. The minimum atomic E-state index is -0.154.